The molecule has 0 spiro atoms. The molecule has 6 nitrogen and oxygen atoms in total. The molecule has 1 aliphatic heterocycles. The van der Waals surface area contributed by atoms with Crippen LogP contribution in [0.15, 0.2) is 60.7 Å². The van der Waals surface area contributed by atoms with Crippen LogP contribution in [-0.4, -0.2) is 48.2 Å². The second-order valence-electron chi connectivity index (χ2n) is 7.11. The van der Waals surface area contributed by atoms with Crippen molar-refractivity contribution >= 4 is 17.6 Å². The van der Waals surface area contributed by atoms with E-state index < -0.39 is 5.97 Å². The molecule has 1 atom stereocenters. The summed E-state index contributed by atoms with van der Waals surface area (Å²) in [5, 5.41) is 12.1. The first kappa shape index (κ1) is 20.5. The molecule has 1 heterocycles. The minimum absolute atomic E-state index is 0.0189. The van der Waals surface area contributed by atoms with Crippen molar-refractivity contribution in [2.24, 2.45) is 0 Å². The van der Waals surface area contributed by atoms with E-state index in [9.17, 15) is 9.59 Å². The molecule has 3 rings (SSSR count). The van der Waals surface area contributed by atoms with Gasteiger partial charge in [-0.2, -0.15) is 0 Å². The Kier molecular flexibility index (Phi) is 6.89. The molecule has 6 heteroatoms. The summed E-state index contributed by atoms with van der Waals surface area (Å²) in [5.74, 6) is -0.0802. The Hall–Kier alpha value is -3.28. The number of nitrogens with one attached hydrogen (secondary N) is 1. The predicted octanol–water partition coefficient (Wildman–Crippen LogP) is 3.58. The number of rotatable bonds is 8. The first-order valence-electron chi connectivity index (χ1n) is 9.70. The molecule has 0 fully saturated rings. The summed E-state index contributed by atoms with van der Waals surface area (Å²) in [4.78, 5) is 25.5. The molecule has 0 bridgehead atoms. The van der Waals surface area contributed by atoms with Crippen LogP contribution in [0.2, 0.25) is 0 Å². The summed E-state index contributed by atoms with van der Waals surface area (Å²) in [5.41, 5.74) is 3.18. The fourth-order valence-corrected chi connectivity index (χ4v) is 3.43. The van der Waals surface area contributed by atoms with Gasteiger partial charge in [-0.3, -0.25) is 4.79 Å². The van der Waals surface area contributed by atoms with Crippen LogP contribution in [0.4, 0.5) is 4.79 Å². The average molecular weight is 394 g/mol. The van der Waals surface area contributed by atoms with Gasteiger partial charge in [0.05, 0.1) is 7.11 Å². The molecular weight excluding hydrogens is 368 g/mol. The fourth-order valence-electron chi connectivity index (χ4n) is 3.43. The number of carboxylic acids is 1. The van der Waals surface area contributed by atoms with E-state index in [-0.39, 0.29) is 18.5 Å². The van der Waals surface area contributed by atoms with Gasteiger partial charge in [-0.15, -0.1) is 0 Å². The lowest BCUT2D eigenvalue weighted by Crippen LogP contribution is -2.45. The van der Waals surface area contributed by atoms with Gasteiger partial charge in [0.25, 0.3) is 0 Å². The summed E-state index contributed by atoms with van der Waals surface area (Å²) < 4.78 is 5.28. The standard InChI is InChI=1S/C23H26N2O4/c1-29-21-9-5-8-18(15-21)19-12-13-25(16-19)23(28)24-20(10-11-22(26)27)14-17-6-3-2-4-7-17/h2-9,12,15,20H,10-11,13-14,16H2,1H3,(H,24,28)(H,26,27). The summed E-state index contributed by atoms with van der Waals surface area (Å²) in [6.45, 7) is 1.03. The van der Waals surface area contributed by atoms with Crippen LogP contribution in [0, 0.1) is 0 Å². The van der Waals surface area contributed by atoms with Crippen molar-refractivity contribution in [1.29, 1.82) is 0 Å². The fraction of sp³-hybridized carbons (Fsp3) is 0.304. The van der Waals surface area contributed by atoms with Gasteiger partial charge in [-0.05, 0) is 41.7 Å². The monoisotopic (exact) mass is 394 g/mol. The van der Waals surface area contributed by atoms with E-state index in [1.54, 1.807) is 12.0 Å². The van der Waals surface area contributed by atoms with Gasteiger partial charge in [-0.25, -0.2) is 4.79 Å². The number of carbonyl (C=O) groups is 2. The number of carboxylic acid groups (broad SMARTS) is 1. The van der Waals surface area contributed by atoms with Gasteiger partial charge in [0.2, 0.25) is 0 Å². The largest absolute Gasteiger partial charge is 0.497 e. The highest BCUT2D eigenvalue weighted by Gasteiger charge is 2.23. The van der Waals surface area contributed by atoms with Gasteiger partial charge >= 0.3 is 12.0 Å². The van der Waals surface area contributed by atoms with Crippen LogP contribution >= 0.6 is 0 Å². The van der Waals surface area contributed by atoms with Crippen molar-refractivity contribution in [2.45, 2.75) is 25.3 Å². The molecule has 29 heavy (non-hydrogen) atoms. The van der Waals surface area contributed by atoms with Gasteiger partial charge in [-0.1, -0.05) is 48.5 Å². The number of aliphatic carboxylic acids is 1. The summed E-state index contributed by atoms with van der Waals surface area (Å²) >= 11 is 0. The van der Waals surface area contributed by atoms with Gasteiger partial charge in [0.15, 0.2) is 0 Å². The number of methoxy groups -OCH3 is 1. The molecule has 2 N–H and O–H groups in total. The number of hydrogen-bond acceptors (Lipinski definition) is 3. The SMILES string of the molecule is COc1cccc(C2=CCN(C(=O)NC(CCC(=O)O)Cc3ccccc3)C2)c1. The minimum Gasteiger partial charge on any atom is -0.497 e. The zero-order valence-electron chi connectivity index (χ0n) is 16.5. The van der Waals surface area contributed by atoms with Crippen LogP contribution in [0.3, 0.4) is 0 Å². The Morgan fingerprint density at radius 2 is 1.97 bits per heavy atom. The third-order valence-corrected chi connectivity index (χ3v) is 5.01. The highest BCUT2D eigenvalue weighted by molar-refractivity contribution is 5.81. The highest BCUT2D eigenvalue weighted by Crippen LogP contribution is 2.24. The number of nitrogens with zero attached hydrogens (tertiary/aromatic N) is 1. The number of carbonyl (C=O) groups excluding carboxylic acids is 1. The Bertz CT molecular complexity index is 879. The Morgan fingerprint density at radius 3 is 2.69 bits per heavy atom. The van der Waals surface area contributed by atoms with Crippen molar-refractivity contribution in [3.63, 3.8) is 0 Å². The smallest absolute Gasteiger partial charge is 0.318 e. The lowest BCUT2D eigenvalue weighted by molar-refractivity contribution is -0.137. The minimum atomic E-state index is -0.861. The van der Waals surface area contributed by atoms with Crippen molar-refractivity contribution in [3.05, 3.63) is 71.8 Å². The maximum absolute atomic E-state index is 12.8. The van der Waals surface area contributed by atoms with Crippen molar-refractivity contribution < 1.29 is 19.4 Å². The third-order valence-electron chi connectivity index (χ3n) is 5.01. The number of hydrogen-bond donors (Lipinski definition) is 2. The van der Waals surface area contributed by atoms with Crippen LogP contribution < -0.4 is 10.1 Å². The molecule has 0 aromatic heterocycles. The summed E-state index contributed by atoms with van der Waals surface area (Å²) in [6.07, 6.45) is 3.05. The van der Waals surface area contributed by atoms with Gasteiger partial charge < -0.3 is 20.1 Å². The first-order chi connectivity index (χ1) is 14.0. The van der Waals surface area contributed by atoms with E-state index in [0.29, 0.717) is 25.9 Å². The van der Waals surface area contributed by atoms with Gasteiger partial charge in [0.1, 0.15) is 5.75 Å². The van der Waals surface area contributed by atoms with Crippen molar-refractivity contribution in [2.75, 3.05) is 20.2 Å². The summed E-state index contributed by atoms with van der Waals surface area (Å²) in [6, 6.07) is 17.2. The first-order valence-corrected chi connectivity index (χ1v) is 9.70. The molecular formula is C23H26N2O4. The number of ether oxygens (including phenoxy) is 1. The van der Waals surface area contributed by atoms with Crippen LogP contribution in [0.1, 0.15) is 24.0 Å². The van der Waals surface area contributed by atoms with Crippen molar-refractivity contribution in [1.82, 2.24) is 10.2 Å². The molecule has 152 valence electrons. The maximum Gasteiger partial charge on any atom is 0.318 e. The Labute approximate surface area is 170 Å². The second kappa shape index (κ2) is 9.78. The molecule has 2 aromatic carbocycles. The third kappa shape index (κ3) is 5.85. The lowest BCUT2D eigenvalue weighted by atomic mass is 10.0. The average Bonchev–Trinajstić information content (AvgIpc) is 3.23. The molecule has 2 amide bonds. The van der Waals surface area contributed by atoms with E-state index in [4.69, 9.17) is 9.84 Å². The molecule has 0 radical (unpaired) electrons. The van der Waals surface area contributed by atoms with Crippen LogP contribution in [0.25, 0.3) is 5.57 Å². The zero-order chi connectivity index (χ0) is 20.6. The molecule has 1 unspecified atom stereocenters. The molecule has 0 aliphatic carbocycles. The topological polar surface area (TPSA) is 78.9 Å². The van der Waals surface area contributed by atoms with Gasteiger partial charge in [0, 0.05) is 25.6 Å². The molecule has 1 aliphatic rings. The number of urea groups is 1. The number of benzene rings is 2. The highest BCUT2D eigenvalue weighted by atomic mass is 16.5. The van der Waals surface area contributed by atoms with Crippen molar-refractivity contribution in [3.8, 4) is 5.75 Å². The Balaban J connectivity index is 1.61. The second-order valence-corrected chi connectivity index (χ2v) is 7.11. The number of amides is 2. The van der Waals surface area contributed by atoms with E-state index in [0.717, 1.165) is 22.4 Å². The molecule has 2 aromatic rings. The summed E-state index contributed by atoms with van der Waals surface area (Å²) in [7, 11) is 1.63. The lowest BCUT2D eigenvalue weighted by Gasteiger charge is -2.23. The molecule has 0 saturated heterocycles. The zero-order valence-corrected chi connectivity index (χ0v) is 16.5. The van der Waals surface area contributed by atoms with E-state index in [1.165, 1.54) is 0 Å². The Morgan fingerprint density at radius 1 is 1.17 bits per heavy atom. The predicted molar refractivity (Wildman–Crippen MR) is 112 cm³/mol. The normalized spacial score (nSPS) is 14.2. The molecule has 0 saturated carbocycles. The van der Waals surface area contributed by atoms with Crippen LogP contribution in [0.5, 0.6) is 5.75 Å². The van der Waals surface area contributed by atoms with E-state index >= 15 is 0 Å². The maximum atomic E-state index is 12.8. The van der Waals surface area contributed by atoms with Crippen LogP contribution in [-0.2, 0) is 11.2 Å². The van der Waals surface area contributed by atoms with E-state index in [1.807, 2.05) is 60.7 Å². The van der Waals surface area contributed by atoms with E-state index in [2.05, 4.69) is 5.32 Å². The quantitative estimate of drug-likeness (QED) is 0.717.